The van der Waals surface area contributed by atoms with Gasteiger partial charge in [-0.15, -0.1) is 0 Å². The number of hydrogen-bond acceptors (Lipinski definition) is 2. The van der Waals surface area contributed by atoms with Crippen molar-refractivity contribution >= 4 is 5.69 Å². The van der Waals surface area contributed by atoms with E-state index in [1.54, 1.807) is 0 Å². The first-order valence-corrected chi connectivity index (χ1v) is 6.86. The molecule has 1 atom stereocenters. The summed E-state index contributed by atoms with van der Waals surface area (Å²) in [6.45, 7) is 3.23. The summed E-state index contributed by atoms with van der Waals surface area (Å²) >= 11 is 0. The molecule has 2 aromatic rings. The molecule has 0 aromatic heterocycles. The van der Waals surface area contributed by atoms with E-state index in [9.17, 15) is 0 Å². The van der Waals surface area contributed by atoms with Crippen LogP contribution in [0.2, 0.25) is 0 Å². The first-order chi connectivity index (χ1) is 9.24. The van der Waals surface area contributed by atoms with Crippen LogP contribution in [-0.2, 0) is 12.8 Å². The average molecular weight is 254 g/mol. The fraction of sp³-hybridized carbons (Fsp3) is 0.294. The van der Waals surface area contributed by atoms with Gasteiger partial charge in [-0.25, -0.2) is 0 Å². The molecule has 0 aliphatic heterocycles. The Morgan fingerprint density at radius 3 is 2.32 bits per heavy atom. The number of anilines is 1. The molecule has 0 bridgehead atoms. The van der Waals surface area contributed by atoms with E-state index in [1.165, 1.54) is 11.1 Å². The highest BCUT2D eigenvalue weighted by atomic mass is 14.9. The van der Waals surface area contributed by atoms with Crippen LogP contribution in [0.3, 0.4) is 0 Å². The summed E-state index contributed by atoms with van der Waals surface area (Å²) in [5.41, 5.74) is 9.21. The van der Waals surface area contributed by atoms with Crippen LogP contribution in [0.5, 0.6) is 0 Å². The first-order valence-electron chi connectivity index (χ1n) is 6.86. The summed E-state index contributed by atoms with van der Waals surface area (Å²) in [4.78, 5) is 0. The average Bonchev–Trinajstić information content (AvgIpc) is 2.42. The van der Waals surface area contributed by atoms with E-state index >= 15 is 0 Å². The molecule has 2 nitrogen and oxygen atoms in total. The molecule has 2 rings (SSSR count). The molecule has 2 heteroatoms. The zero-order valence-electron chi connectivity index (χ0n) is 11.5. The fourth-order valence-corrected chi connectivity index (χ4v) is 2.19. The second-order valence-electron chi connectivity index (χ2n) is 5.04. The minimum absolute atomic E-state index is 0.496. The standard InChI is InChI=1S/C17H22N2/c1-14(13-16-5-3-2-4-6-16)19-12-11-15-7-9-17(18)10-8-15/h2-10,14,19H,11-13,18H2,1H3. The van der Waals surface area contributed by atoms with E-state index in [4.69, 9.17) is 5.73 Å². The lowest BCUT2D eigenvalue weighted by Crippen LogP contribution is -2.29. The van der Waals surface area contributed by atoms with E-state index in [0.29, 0.717) is 6.04 Å². The van der Waals surface area contributed by atoms with Crippen LogP contribution in [0.15, 0.2) is 54.6 Å². The summed E-state index contributed by atoms with van der Waals surface area (Å²) in [6, 6.07) is 19.2. The van der Waals surface area contributed by atoms with Crippen molar-refractivity contribution in [3.05, 3.63) is 65.7 Å². The normalized spacial score (nSPS) is 12.3. The molecular formula is C17H22N2. The zero-order valence-corrected chi connectivity index (χ0v) is 11.5. The molecule has 0 heterocycles. The van der Waals surface area contributed by atoms with Gasteiger partial charge in [0, 0.05) is 11.7 Å². The van der Waals surface area contributed by atoms with Gasteiger partial charge in [0.05, 0.1) is 0 Å². The van der Waals surface area contributed by atoms with Crippen LogP contribution in [0, 0.1) is 0 Å². The Balaban J connectivity index is 1.72. The zero-order chi connectivity index (χ0) is 13.5. The second-order valence-corrected chi connectivity index (χ2v) is 5.04. The Morgan fingerprint density at radius 2 is 1.63 bits per heavy atom. The highest BCUT2D eigenvalue weighted by Crippen LogP contribution is 2.06. The van der Waals surface area contributed by atoms with Crippen molar-refractivity contribution in [2.45, 2.75) is 25.8 Å². The minimum Gasteiger partial charge on any atom is -0.399 e. The van der Waals surface area contributed by atoms with Crippen LogP contribution < -0.4 is 11.1 Å². The molecule has 0 radical (unpaired) electrons. The molecule has 0 aliphatic carbocycles. The van der Waals surface area contributed by atoms with Gasteiger partial charge in [0.25, 0.3) is 0 Å². The van der Waals surface area contributed by atoms with Gasteiger partial charge in [-0.1, -0.05) is 42.5 Å². The molecule has 100 valence electrons. The molecule has 1 unspecified atom stereocenters. The SMILES string of the molecule is CC(Cc1ccccc1)NCCc1ccc(N)cc1. The van der Waals surface area contributed by atoms with Gasteiger partial charge >= 0.3 is 0 Å². The lowest BCUT2D eigenvalue weighted by atomic mass is 10.1. The van der Waals surface area contributed by atoms with E-state index < -0.39 is 0 Å². The topological polar surface area (TPSA) is 38.0 Å². The van der Waals surface area contributed by atoms with Crippen LogP contribution in [0.1, 0.15) is 18.1 Å². The van der Waals surface area contributed by atoms with Crippen molar-refractivity contribution in [2.24, 2.45) is 0 Å². The Kier molecular flexibility index (Phi) is 4.99. The van der Waals surface area contributed by atoms with Crippen LogP contribution in [-0.4, -0.2) is 12.6 Å². The van der Waals surface area contributed by atoms with E-state index in [-0.39, 0.29) is 0 Å². The van der Waals surface area contributed by atoms with Gasteiger partial charge in [-0.2, -0.15) is 0 Å². The third-order valence-corrected chi connectivity index (χ3v) is 3.27. The van der Waals surface area contributed by atoms with Crippen molar-refractivity contribution in [1.82, 2.24) is 5.32 Å². The third-order valence-electron chi connectivity index (χ3n) is 3.27. The lowest BCUT2D eigenvalue weighted by Gasteiger charge is -2.14. The molecule has 2 aromatic carbocycles. The van der Waals surface area contributed by atoms with Crippen LogP contribution in [0.25, 0.3) is 0 Å². The number of nitrogens with one attached hydrogen (secondary N) is 1. The Bertz CT molecular complexity index is 476. The lowest BCUT2D eigenvalue weighted by molar-refractivity contribution is 0.548. The number of nitrogens with two attached hydrogens (primary N) is 1. The van der Waals surface area contributed by atoms with Crippen LogP contribution in [0.4, 0.5) is 5.69 Å². The van der Waals surface area contributed by atoms with E-state index in [0.717, 1.165) is 25.1 Å². The molecular weight excluding hydrogens is 232 g/mol. The maximum Gasteiger partial charge on any atom is 0.0314 e. The monoisotopic (exact) mass is 254 g/mol. The first kappa shape index (κ1) is 13.6. The van der Waals surface area contributed by atoms with Crippen molar-refractivity contribution in [2.75, 3.05) is 12.3 Å². The van der Waals surface area contributed by atoms with Crippen molar-refractivity contribution in [1.29, 1.82) is 0 Å². The molecule has 0 saturated carbocycles. The fourth-order valence-electron chi connectivity index (χ4n) is 2.19. The second kappa shape index (κ2) is 6.95. The van der Waals surface area contributed by atoms with Gasteiger partial charge < -0.3 is 11.1 Å². The highest BCUT2D eigenvalue weighted by molar-refractivity contribution is 5.39. The van der Waals surface area contributed by atoms with Crippen molar-refractivity contribution in [3.8, 4) is 0 Å². The third kappa shape index (κ3) is 4.76. The van der Waals surface area contributed by atoms with E-state index in [2.05, 4.69) is 54.7 Å². The van der Waals surface area contributed by atoms with Crippen LogP contribution >= 0.6 is 0 Å². The molecule has 0 amide bonds. The summed E-state index contributed by atoms with van der Waals surface area (Å²) in [5.74, 6) is 0. The molecule has 0 fully saturated rings. The van der Waals surface area contributed by atoms with Gasteiger partial charge in [0.2, 0.25) is 0 Å². The van der Waals surface area contributed by atoms with Gasteiger partial charge in [-0.3, -0.25) is 0 Å². The van der Waals surface area contributed by atoms with E-state index in [1.807, 2.05) is 12.1 Å². The van der Waals surface area contributed by atoms with Crippen molar-refractivity contribution in [3.63, 3.8) is 0 Å². The van der Waals surface area contributed by atoms with Crippen molar-refractivity contribution < 1.29 is 0 Å². The maximum absolute atomic E-state index is 5.67. The highest BCUT2D eigenvalue weighted by Gasteiger charge is 2.02. The molecule has 0 saturated heterocycles. The summed E-state index contributed by atoms with van der Waals surface area (Å²) in [7, 11) is 0. The predicted molar refractivity (Wildman–Crippen MR) is 82.2 cm³/mol. The Hall–Kier alpha value is -1.80. The molecule has 3 N–H and O–H groups in total. The maximum atomic E-state index is 5.67. The largest absolute Gasteiger partial charge is 0.399 e. The molecule has 19 heavy (non-hydrogen) atoms. The smallest absolute Gasteiger partial charge is 0.0314 e. The predicted octanol–water partition coefficient (Wildman–Crippen LogP) is 3.03. The summed E-state index contributed by atoms with van der Waals surface area (Å²) in [5, 5.41) is 3.56. The molecule has 0 aliphatic rings. The van der Waals surface area contributed by atoms with Gasteiger partial charge in [0.15, 0.2) is 0 Å². The number of hydrogen-bond donors (Lipinski definition) is 2. The number of benzene rings is 2. The van der Waals surface area contributed by atoms with Gasteiger partial charge in [-0.05, 0) is 49.6 Å². The molecule has 0 spiro atoms. The number of nitrogen functional groups attached to an aromatic ring is 1. The van der Waals surface area contributed by atoms with Gasteiger partial charge in [0.1, 0.15) is 0 Å². The number of rotatable bonds is 6. The Labute approximate surface area is 115 Å². The Morgan fingerprint density at radius 1 is 0.947 bits per heavy atom. The minimum atomic E-state index is 0.496. The summed E-state index contributed by atoms with van der Waals surface area (Å²) in [6.07, 6.45) is 2.11. The summed E-state index contributed by atoms with van der Waals surface area (Å²) < 4.78 is 0. The quantitative estimate of drug-likeness (QED) is 0.778.